The SMILES string of the molecule is Nc1noc(-c2cc(F)ccc2Br)c1-c1ccccn1. The van der Waals surface area contributed by atoms with E-state index in [0.717, 1.165) is 0 Å². The molecular formula is C14H9BrFN3O. The summed E-state index contributed by atoms with van der Waals surface area (Å²) in [5.74, 6) is 0.229. The van der Waals surface area contributed by atoms with Crippen LogP contribution in [-0.4, -0.2) is 10.1 Å². The van der Waals surface area contributed by atoms with E-state index in [2.05, 4.69) is 26.1 Å². The molecule has 0 amide bonds. The second kappa shape index (κ2) is 5.05. The second-order valence-electron chi connectivity index (χ2n) is 4.11. The number of nitrogens with two attached hydrogens (primary N) is 1. The number of anilines is 1. The van der Waals surface area contributed by atoms with Gasteiger partial charge in [-0.2, -0.15) is 0 Å². The zero-order chi connectivity index (χ0) is 14.1. The van der Waals surface area contributed by atoms with Gasteiger partial charge >= 0.3 is 0 Å². The molecule has 0 unspecified atom stereocenters. The van der Waals surface area contributed by atoms with Crippen molar-refractivity contribution in [2.75, 3.05) is 5.73 Å². The molecule has 0 saturated carbocycles. The topological polar surface area (TPSA) is 64.9 Å². The normalized spacial score (nSPS) is 10.7. The summed E-state index contributed by atoms with van der Waals surface area (Å²) in [7, 11) is 0. The maximum Gasteiger partial charge on any atom is 0.179 e. The van der Waals surface area contributed by atoms with Crippen LogP contribution in [0, 0.1) is 5.82 Å². The highest BCUT2D eigenvalue weighted by Crippen LogP contribution is 2.38. The maximum atomic E-state index is 13.4. The van der Waals surface area contributed by atoms with Crippen molar-refractivity contribution in [2.45, 2.75) is 0 Å². The smallest absolute Gasteiger partial charge is 0.179 e. The predicted octanol–water partition coefficient (Wildman–Crippen LogP) is 3.89. The van der Waals surface area contributed by atoms with Gasteiger partial charge in [0, 0.05) is 16.2 Å². The van der Waals surface area contributed by atoms with Crippen LogP contribution in [0.4, 0.5) is 10.2 Å². The highest BCUT2D eigenvalue weighted by Gasteiger charge is 2.20. The fraction of sp³-hybridized carbons (Fsp3) is 0. The Morgan fingerprint density at radius 2 is 2.05 bits per heavy atom. The van der Waals surface area contributed by atoms with Gasteiger partial charge in [0.2, 0.25) is 0 Å². The van der Waals surface area contributed by atoms with Gasteiger partial charge < -0.3 is 10.3 Å². The first kappa shape index (κ1) is 12.8. The predicted molar refractivity (Wildman–Crippen MR) is 77.2 cm³/mol. The summed E-state index contributed by atoms with van der Waals surface area (Å²) in [5, 5.41) is 3.76. The molecule has 0 saturated heterocycles. The van der Waals surface area contributed by atoms with Crippen molar-refractivity contribution < 1.29 is 8.91 Å². The fourth-order valence-corrected chi connectivity index (χ4v) is 2.34. The summed E-state index contributed by atoms with van der Waals surface area (Å²) < 4.78 is 19.4. The quantitative estimate of drug-likeness (QED) is 0.772. The summed E-state index contributed by atoms with van der Waals surface area (Å²) in [6, 6.07) is 9.74. The Hall–Kier alpha value is -2.21. The third-order valence-electron chi connectivity index (χ3n) is 2.81. The molecule has 0 spiro atoms. The van der Waals surface area contributed by atoms with Crippen LogP contribution >= 0.6 is 15.9 Å². The molecule has 0 aliphatic rings. The van der Waals surface area contributed by atoms with Crippen molar-refractivity contribution in [3.8, 4) is 22.6 Å². The summed E-state index contributed by atoms with van der Waals surface area (Å²) in [6.45, 7) is 0. The fourth-order valence-electron chi connectivity index (χ4n) is 1.92. The van der Waals surface area contributed by atoms with E-state index in [0.29, 0.717) is 27.1 Å². The summed E-state index contributed by atoms with van der Waals surface area (Å²) in [6.07, 6.45) is 1.65. The molecule has 2 heterocycles. The summed E-state index contributed by atoms with van der Waals surface area (Å²) in [5.41, 5.74) is 7.56. The molecule has 2 N–H and O–H groups in total. The molecule has 2 aromatic heterocycles. The lowest BCUT2D eigenvalue weighted by Crippen LogP contribution is -1.91. The van der Waals surface area contributed by atoms with Crippen LogP contribution in [0.3, 0.4) is 0 Å². The van der Waals surface area contributed by atoms with Gasteiger partial charge in [-0.1, -0.05) is 27.2 Å². The number of nitrogen functional groups attached to an aromatic ring is 1. The Morgan fingerprint density at radius 1 is 1.20 bits per heavy atom. The van der Waals surface area contributed by atoms with Gasteiger partial charge in [0.15, 0.2) is 11.6 Å². The highest BCUT2D eigenvalue weighted by molar-refractivity contribution is 9.10. The molecule has 1 aromatic carbocycles. The molecule has 0 radical (unpaired) electrons. The van der Waals surface area contributed by atoms with Gasteiger partial charge in [-0.25, -0.2) is 4.39 Å². The molecule has 3 rings (SSSR count). The Bertz CT molecular complexity index is 758. The molecule has 0 aliphatic heterocycles. The van der Waals surface area contributed by atoms with Crippen LogP contribution in [-0.2, 0) is 0 Å². The van der Waals surface area contributed by atoms with Crippen LogP contribution < -0.4 is 5.73 Å². The van der Waals surface area contributed by atoms with E-state index in [-0.39, 0.29) is 11.6 Å². The lowest BCUT2D eigenvalue weighted by molar-refractivity contribution is 0.435. The molecule has 0 atom stereocenters. The lowest BCUT2D eigenvalue weighted by atomic mass is 10.1. The Labute approximate surface area is 122 Å². The zero-order valence-corrected chi connectivity index (χ0v) is 11.8. The Balaban J connectivity index is 2.24. The number of rotatable bonds is 2. The summed E-state index contributed by atoms with van der Waals surface area (Å²) in [4.78, 5) is 4.23. The lowest BCUT2D eigenvalue weighted by Gasteiger charge is -2.04. The number of halogens is 2. The van der Waals surface area contributed by atoms with E-state index in [1.807, 2.05) is 6.07 Å². The maximum absolute atomic E-state index is 13.4. The first-order valence-corrected chi connectivity index (χ1v) is 6.58. The average molecular weight is 334 g/mol. The van der Waals surface area contributed by atoms with E-state index in [1.165, 1.54) is 12.1 Å². The van der Waals surface area contributed by atoms with Gasteiger partial charge in [0.05, 0.1) is 11.3 Å². The number of hydrogen-bond donors (Lipinski definition) is 1. The zero-order valence-electron chi connectivity index (χ0n) is 10.2. The monoisotopic (exact) mass is 333 g/mol. The number of hydrogen-bond acceptors (Lipinski definition) is 4. The van der Waals surface area contributed by atoms with Crippen molar-refractivity contribution in [1.82, 2.24) is 10.1 Å². The van der Waals surface area contributed by atoms with Gasteiger partial charge in [0.1, 0.15) is 5.82 Å². The number of benzene rings is 1. The van der Waals surface area contributed by atoms with Gasteiger partial charge in [-0.05, 0) is 30.3 Å². The van der Waals surface area contributed by atoms with Crippen molar-refractivity contribution in [3.05, 3.63) is 52.9 Å². The first-order chi connectivity index (χ1) is 9.66. The van der Waals surface area contributed by atoms with Crippen molar-refractivity contribution in [1.29, 1.82) is 0 Å². The van der Waals surface area contributed by atoms with Crippen LogP contribution in [0.25, 0.3) is 22.6 Å². The number of nitrogens with zero attached hydrogens (tertiary/aromatic N) is 2. The van der Waals surface area contributed by atoms with Crippen LogP contribution in [0.5, 0.6) is 0 Å². The van der Waals surface area contributed by atoms with E-state index >= 15 is 0 Å². The molecule has 0 bridgehead atoms. The molecule has 20 heavy (non-hydrogen) atoms. The average Bonchev–Trinajstić information content (AvgIpc) is 2.84. The van der Waals surface area contributed by atoms with E-state index in [4.69, 9.17) is 10.3 Å². The van der Waals surface area contributed by atoms with Crippen LogP contribution in [0.2, 0.25) is 0 Å². The van der Waals surface area contributed by atoms with Crippen LogP contribution in [0.1, 0.15) is 0 Å². The third-order valence-corrected chi connectivity index (χ3v) is 3.50. The largest absolute Gasteiger partial charge is 0.380 e. The third kappa shape index (κ3) is 2.18. The Morgan fingerprint density at radius 3 is 2.80 bits per heavy atom. The minimum atomic E-state index is -0.370. The Kier molecular flexibility index (Phi) is 3.23. The molecule has 0 fully saturated rings. The molecule has 4 nitrogen and oxygen atoms in total. The standard InChI is InChI=1S/C14H9BrFN3O/c15-10-5-4-8(16)7-9(10)13-12(14(17)19-20-13)11-3-1-2-6-18-11/h1-7H,(H2,17,19). The van der Waals surface area contributed by atoms with Gasteiger partial charge in [0.25, 0.3) is 0 Å². The molecule has 100 valence electrons. The first-order valence-electron chi connectivity index (χ1n) is 5.79. The van der Waals surface area contributed by atoms with Gasteiger partial charge in [-0.15, -0.1) is 0 Å². The van der Waals surface area contributed by atoms with E-state index in [1.54, 1.807) is 24.4 Å². The highest BCUT2D eigenvalue weighted by atomic mass is 79.9. The minimum Gasteiger partial charge on any atom is -0.380 e. The summed E-state index contributed by atoms with van der Waals surface area (Å²) >= 11 is 3.37. The second-order valence-corrected chi connectivity index (χ2v) is 4.97. The molecule has 0 aliphatic carbocycles. The van der Waals surface area contributed by atoms with E-state index < -0.39 is 0 Å². The van der Waals surface area contributed by atoms with Gasteiger partial charge in [-0.3, -0.25) is 4.98 Å². The molecular weight excluding hydrogens is 325 g/mol. The van der Waals surface area contributed by atoms with E-state index in [9.17, 15) is 4.39 Å². The molecule has 6 heteroatoms. The number of aromatic nitrogens is 2. The number of pyridine rings is 1. The minimum absolute atomic E-state index is 0.217. The van der Waals surface area contributed by atoms with Crippen LogP contribution in [0.15, 0.2) is 51.6 Å². The van der Waals surface area contributed by atoms with Crippen molar-refractivity contribution in [2.24, 2.45) is 0 Å². The molecule has 3 aromatic rings. The van der Waals surface area contributed by atoms with Crippen molar-refractivity contribution in [3.63, 3.8) is 0 Å². The van der Waals surface area contributed by atoms with Crippen molar-refractivity contribution >= 4 is 21.7 Å².